The monoisotopic (exact) mass is 448 g/mol. The molecule has 2 heterocycles. The molecule has 9 nitrogen and oxygen atoms in total. The lowest BCUT2D eigenvalue weighted by atomic mass is 10.1. The van der Waals surface area contributed by atoms with Crippen LogP contribution in [0.5, 0.6) is 11.5 Å². The fourth-order valence-corrected chi connectivity index (χ4v) is 3.69. The summed E-state index contributed by atoms with van der Waals surface area (Å²) in [5.41, 5.74) is 2.69. The van der Waals surface area contributed by atoms with Crippen molar-refractivity contribution in [2.45, 2.75) is 0 Å². The van der Waals surface area contributed by atoms with Gasteiger partial charge in [-0.3, -0.25) is 0 Å². The van der Waals surface area contributed by atoms with Gasteiger partial charge in [-0.1, -0.05) is 18.2 Å². The van der Waals surface area contributed by atoms with Gasteiger partial charge in [-0.05, 0) is 43.4 Å². The SMILES string of the molecule is COc1cccc(OC)c1NC(=O)Nc1cccc(-c2ccc(N3CCN(C)CC3)nn2)c1. The minimum atomic E-state index is -0.411. The number of anilines is 3. The molecule has 33 heavy (non-hydrogen) atoms. The molecule has 1 aliphatic heterocycles. The number of carbonyl (C=O) groups is 1. The van der Waals surface area contributed by atoms with Gasteiger partial charge in [0.2, 0.25) is 0 Å². The first kappa shape index (κ1) is 22.3. The summed E-state index contributed by atoms with van der Waals surface area (Å²) < 4.78 is 10.7. The number of piperazine rings is 1. The van der Waals surface area contributed by atoms with E-state index in [4.69, 9.17) is 9.47 Å². The molecule has 3 aromatic rings. The number of para-hydroxylation sites is 1. The molecule has 1 fully saturated rings. The van der Waals surface area contributed by atoms with Crippen LogP contribution in [0, 0.1) is 0 Å². The Morgan fingerprint density at radius 1 is 0.879 bits per heavy atom. The quantitative estimate of drug-likeness (QED) is 0.596. The Hall–Kier alpha value is -3.85. The van der Waals surface area contributed by atoms with Crippen LogP contribution >= 0.6 is 0 Å². The van der Waals surface area contributed by atoms with Gasteiger partial charge in [0, 0.05) is 37.4 Å². The molecule has 1 aliphatic rings. The van der Waals surface area contributed by atoms with Crippen LogP contribution in [0.4, 0.5) is 22.0 Å². The van der Waals surface area contributed by atoms with Crippen molar-refractivity contribution in [1.29, 1.82) is 0 Å². The molecular formula is C24H28N6O3. The predicted molar refractivity (Wildman–Crippen MR) is 129 cm³/mol. The molecule has 4 rings (SSSR count). The number of ether oxygens (including phenoxy) is 2. The number of rotatable bonds is 6. The Bertz CT molecular complexity index is 1080. The van der Waals surface area contributed by atoms with Gasteiger partial charge in [0.15, 0.2) is 5.82 Å². The van der Waals surface area contributed by atoms with Gasteiger partial charge in [0.1, 0.15) is 17.2 Å². The summed E-state index contributed by atoms with van der Waals surface area (Å²) in [5, 5.41) is 14.5. The van der Waals surface area contributed by atoms with Crippen molar-refractivity contribution in [2.75, 3.05) is 63.0 Å². The molecule has 1 aromatic heterocycles. The summed E-state index contributed by atoms with van der Waals surface area (Å²) in [6, 6.07) is 16.3. The second-order valence-electron chi connectivity index (χ2n) is 7.76. The zero-order valence-corrected chi connectivity index (χ0v) is 19.0. The van der Waals surface area contributed by atoms with Crippen molar-refractivity contribution in [3.8, 4) is 22.8 Å². The molecule has 1 saturated heterocycles. The van der Waals surface area contributed by atoms with Gasteiger partial charge in [-0.25, -0.2) is 4.79 Å². The normalized spacial score (nSPS) is 14.0. The molecule has 0 atom stereocenters. The summed E-state index contributed by atoms with van der Waals surface area (Å²) in [6.45, 7) is 3.91. The molecular weight excluding hydrogens is 420 g/mol. The largest absolute Gasteiger partial charge is 0.494 e. The molecule has 9 heteroatoms. The fourth-order valence-electron chi connectivity index (χ4n) is 3.69. The summed E-state index contributed by atoms with van der Waals surface area (Å²) in [7, 11) is 5.20. The highest BCUT2D eigenvalue weighted by Gasteiger charge is 2.16. The Morgan fingerprint density at radius 3 is 2.21 bits per heavy atom. The Balaban J connectivity index is 1.45. The molecule has 2 N–H and O–H groups in total. The maximum absolute atomic E-state index is 12.6. The molecule has 0 unspecified atom stereocenters. The molecule has 172 valence electrons. The number of benzene rings is 2. The van der Waals surface area contributed by atoms with Crippen molar-refractivity contribution < 1.29 is 14.3 Å². The lowest BCUT2D eigenvalue weighted by Gasteiger charge is -2.32. The van der Waals surface area contributed by atoms with Crippen LogP contribution in [-0.4, -0.2) is 68.6 Å². The van der Waals surface area contributed by atoms with Crippen LogP contribution in [0.25, 0.3) is 11.3 Å². The first-order chi connectivity index (χ1) is 16.1. The van der Waals surface area contributed by atoms with Crippen molar-refractivity contribution in [1.82, 2.24) is 15.1 Å². The molecule has 0 spiro atoms. The van der Waals surface area contributed by atoms with E-state index in [2.05, 4.69) is 37.7 Å². The van der Waals surface area contributed by atoms with Crippen molar-refractivity contribution >= 4 is 23.2 Å². The minimum absolute atomic E-state index is 0.411. The van der Waals surface area contributed by atoms with Gasteiger partial charge in [-0.2, -0.15) is 0 Å². The fraction of sp³-hybridized carbons (Fsp3) is 0.292. The smallest absolute Gasteiger partial charge is 0.323 e. The number of methoxy groups -OCH3 is 2. The lowest BCUT2D eigenvalue weighted by molar-refractivity contribution is 0.262. The summed E-state index contributed by atoms with van der Waals surface area (Å²) in [6.07, 6.45) is 0. The first-order valence-corrected chi connectivity index (χ1v) is 10.7. The average molecular weight is 449 g/mol. The van der Waals surface area contributed by atoms with E-state index in [0.717, 1.165) is 43.3 Å². The second-order valence-corrected chi connectivity index (χ2v) is 7.76. The zero-order valence-electron chi connectivity index (χ0n) is 19.0. The van der Waals surface area contributed by atoms with E-state index >= 15 is 0 Å². The molecule has 0 aliphatic carbocycles. The number of carbonyl (C=O) groups excluding carboxylic acids is 1. The number of likely N-dealkylation sites (N-methyl/N-ethyl adjacent to an activating group) is 1. The molecule has 2 amide bonds. The van der Waals surface area contributed by atoms with Crippen LogP contribution in [0.3, 0.4) is 0 Å². The average Bonchev–Trinajstić information content (AvgIpc) is 2.85. The van der Waals surface area contributed by atoms with Crippen molar-refractivity contribution in [2.24, 2.45) is 0 Å². The van der Waals surface area contributed by atoms with Crippen LogP contribution in [0.1, 0.15) is 0 Å². The number of nitrogens with zero attached hydrogens (tertiary/aromatic N) is 4. The Labute approximate surface area is 193 Å². The third kappa shape index (κ3) is 5.32. The van der Waals surface area contributed by atoms with Gasteiger partial charge in [-0.15, -0.1) is 10.2 Å². The molecule has 0 bridgehead atoms. The molecule has 0 saturated carbocycles. The lowest BCUT2D eigenvalue weighted by Crippen LogP contribution is -2.44. The molecule has 2 aromatic carbocycles. The van der Waals surface area contributed by atoms with E-state index in [-0.39, 0.29) is 0 Å². The number of urea groups is 1. The maximum atomic E-state index is 12.6. The standard InChI is InChI=1S/C24H28N6O3/c1-29-12-14-30(15-13-29)22-11-10-19(27-28-22)17-6-4-7-18(16-17)25-24(31)26-23-20(32-2)8-5-9-21(23)33-3/h4-11,16H,12-15H2,1-3H3,(H2,25,26,31). The topological polar surface area (TPSA) is 91.9 Å². The minimum Gasteiger partial charge on any atom is -0.494 e. The van der Waals surface area contributed by atoms with Gasteiger partial charge in [0.05, 0.1) is 19.9 Å². The highest BCUT2D eigenvalue weighted by molar-refractivity contribution is 6.02. The van der Waals surface area contributed by atoms with Crippen LogP contribution < -0.4 is 25.0 Å². The predicted octanol–water partition coefficient (Wildman–Crippen LogP) is 3.56. The molecule has 0 radical (unpaired) electrons. The van der Waals surface area contributed by atoms with Gasteiger partial charge < -0.3 is 29.9 Å². The van der Waals surface area contributed by atoms with Crippen LogP contribution in [0.2, 0.25) is 0 Å². The van der Waals surface area contributed by atoms with Crippen LogP contribution in [-0.2, 0) is 0 Å². The van der Waals surface area contributed by atoms with E-state index in [1.54, 1.807) is 18.2 Å². The number of aromatic nitrogens is 2. The Kier molecular flexibility index (Phi) is 6.89. The van der Waals surface area contributed by atoms with E-state index in [1.165, 1.54) is 14.2 Å². The summed E-state index contributed by atoms with van der Waals surface area (Å²) in [5.74, 6) is 1.90. The summed E-state index contributed by atoms with van der Waals surface area (Å²) in [4.78, 5) is 17.2. The van der Waals surface area contributed by atoms with Crippen LogP contribution in [0.15, 0.2) is 54.6 Å². The van der Waals surface area contributed by atoms with E-state index < -0.39 is 6.03 Å². The highest BCUT2D eigenvalue weighted by atomic mass is 16.5. The zero-order chi connectivity index (χ0) is 23.2. The van der Waals surface area contributed by atoms with E-state index in [9.17, 15) is 4.79 Å². The second kappa shape index (κ2) is 10.2. The van der Waals surface area contributed by atoms with Gasteiger partial charge in [0.25, 0.3) is 0 Å². The number of nitrogens with one attached hydrogen (secondary N) is 2. The van der Waals surface area contributed by atoms with Gasteiger partial charge >= 0.3 is 6.03 Å². The third-order valence-electron chi connectivity index (χ3n) is 5.56. The summed E-state index contributed by atoms with van der Waals surface area (Å²) >= 11 is 0. The number of amides is 2. The highest BCUT2D eigenvalue weighted by Crippen LogP contribution is 2.34. The van der Waals surface area contributed by atoms with Crippen molar-refractivity contribution in [3.63, 3.8) is 0 Å². The number of hydrogen-bond donors (Lipinski definition) is 2. The van der Waals surface area contributed by atoms with E-state index in [0.29, 0.717) is 22.9 Å². The third-order valence-corrected chi connectivity index (χ3v) is 5.56. The maximum Gasteiger partial charge on any atom is 0.323 e. The van der Waals surface area contributed by atoms with E-state index in [1.807, 2.05) is 36.4 Å². The Morgan fingerprint density at radius 2 is 1.58 bits per heavy atom. The first-order valence-electron chi connectivity index (χ1n) is 10.7. The number of hydrogen-bond acceptors (Lipinski definition) is 7. The van der Waals surface area contributed by atoms with Crippen molar-refractivity contribution in [3.05, 3.63) is 54.6 Å².